The van der Waals surface area contributed by atoms with Crippen LogP contribution in [0.25, 0.3) is 11.1 Å². The number of nitrogen functional groups attached to an aromatic ring is 1. The third kappa shape index (κ3) is 5.16. The van der Waals surface area contributed by atoms with E-state index in [4.69, 9.17) is 15.9 Å². The van der Waals surface area contributed by atoms with Gasteiger partial charge in [-0.2, -0.15) is 0 Å². The van der Waals surface area contributed by atoms with E-state index in [2.05, 4.69) is 6.92 Å². The first-order valence-corrected chi connectivity index (χ1v) is 11.0. The number of nitrogens with two attached hydrogens (primary N) is 1. The number of nitrogens with one attached hydrogen (secondary N) is 1. The summed E-state index contributed by atoms with van der Waals surface area (Å²) in [5, 5.41) is 17.0. The van der Waals surface area contributed by atoms with Gasteiger partial charge in [0.2, 0.25) is 0 Å². The Hall–Kier alpha value is -3.19. The van der Waals surface area contributed by atoms with Crippen molar-refractivity contribution in [2.45, 2.75) is 57.7 Å². The number of benzene rings is 2. The molecule has 1 amide bonds. The summed E-state index contributed by atoms with van der Waals surface area (Å²) < 4.78 is 5.66. The maximum atomic E-state index is 13.4. The molecule has 1 aliphatic rings. The molecule has 1 aliphatic heterocycles. The van der Waals surface area contributed by atoms with Gasteiger partial charge in [0.05, 0.1) is 6.42 Å². The number of methoxy groups -OCH3 is 1. The molecule has 0 aliphatic carbocycles. The lowest BCUT2D eigenvalue weighted by atomic mass is 9.91. The number of fused-ring (bicyclic) bond motifs is 1. The average Bonchev–Trinajstić information content (AvgIpc) is 2.78. The Kier molecular flexibility index (Phi) is 7.64. The Labute approximate surface area is 188 Å². The SMILES string of the molecule is CCCCCC(CC(=O)O)N1C(=O)c2ccc(-c3ccc(C(=N)N)cc3)cc2CC1OC. The van der Waals surface area contributed by atoms with E-state index in [0.717, 1.165) is 36.0 Å². The van der Waals surface area contributed by atoms with Crippen molar-refractivity contribution < 1.29 is 19.4 Å². The van der Waals surface area contributed by atoms with Crippen LogP contribution in [0.1, 0.15) is 60.5 Å². The van der Waals surface area contributed by atoms with Gasteiger partial charge in [0.15, 0.2) is 0 Å². The minimum absolute atomic E-state index is 0.0190. The van der Waals surface area contributed by atoms with E-state index in [1.54, 1.807) is 24.1 Å². The lowest BCUT2D eigenvalue weighted by Gasteiger charge is -2.40. The summed E-state index contributed by atoms with van der Waals surface area (Å²) in [6.45, 7) is 2.09. The Bertz CT molecular complexity index is 987. The Morgan fingerprint density at radius 3 is 2.50 bits per heavy atom. The van der Waals surface area contributed by atoms with Crippen molar-refractivity contribution in [2.75, 3.05) is 7.11 Å². The zero-order valence-corrected chi connectivity index (χ0v) is 18.6. The number of unbranched alkanes of at least 4 members (excludes halogenated alkanes) is 2. The van der Waals surface area contributed by atoms with Gasteiger partial charge in [-0.1, -0.05) is 62.6 Å². The van der Waals surface area contributed by atoms with Gasteiger partial charge >= 0.3 is 5.97 Å². The molecule has 170 valence electrons. The van der Waals surface area contributed by atoms with Crippen molar-refractivity contribution in [1.29, 1.82) is 5.41 Å². The van der Waals surface area contributed by atoms with Gasteiger partial charge in [0, 0.05) is 30.7 Å². The lowest BCUT2D eigenvalue weighted by molar-refractivity contribution is -0.139. The van der Waals surface area contributed by atoms with Gasteiger partial charge in [-0.15, -0.1) is 0 Å². The second-order valence-electron chi connectivity index (χ2n) is 8.22. The summed E-state index contributed by atoms with van der Waals surface area (Å²) in [6.07, 6.45) is 3.44. The molecular formula is C25H31N3O4. The summed E-state index contributed by atoms with van der Waals surface area (Å²) in [7, 11) is 1.56. The molecule has 0 saturated heterocycles. The van der Waals surface area contributed by atoms with Crippen LogP contribution < -0.4 is 5.73 Å². The number of hydrogen-bond acceptors (Lipinski definition) is 4. The maximum Gasteiger partial charge on any atom is 0.305 e. The van der Waals surface area contributed by atoms with Crippen LogP contribution >= 0.6 is 0 Å². The monoisotopic (exact) mass is 437 g/mol. The molecule has 0 bridgehead atoms. The van der Waals surface area contributed by atoms with Gasteiger partial charge in [-0.05, 0) is 29.2 Å². The van der Waals surface area contributed by atoms with E-state index in [-0.39, 0.29) is 18.2 Å². The van der Waals surface area contributed by atoms with Crippen molar-refractivity contribution in [2.24, 2.45) is 5.73 Å². The van der Waals surface area contributed by atoms with Crippen LogP contribution in [0.5, 0.6) is 0 Å². The van der Waals surface area contributed by atoms with Crippen molar-refractivity contribution >= 4 is 17.7 Å². The molecule has 0 fully saturated rings. The van der Waals surface area contributed by atoms with Gasteiger partial charge in [0.25, 0.3) is 5.91 Å². The van der Waals surface area contributed by atoms with Gasteiger partial charge in [0.1, 0.15) is 12.1 Å². The fraction of sp³-hybridized carbons (Fsp3) is 0.400. The number of carbonyl (C=O) groups excluding carboxylic acids is 1. The van der Waals surface area contributed by atoms with Crippen LogP contribution in [-0.4, -0.2) is 47.1 Å². The summed E-state index contributed by atoms with van der Waals surface area (Å²) >= 11 is 0. The van der Waals surface area contributed by atoms with E-state index in [0.29, 0.717) is 24.0 Å². The van der Waals surface area contributed by atoms with Crippen LogP contribution in [0.2, 0.25) is 0 Å². The highest BCUT2D eigenvalue weighted by Gasteiger charge is 2.37. The molecule has 2 aromatic carbocycles. The molecular weight excluding hydrogens is 406 g/mol. The van der Waals surface area contributed by atoms with Crippen LogP contribution in [0, 0.1) is 5.41 Å². The van der Waals surface area contributed by atoms with Crippen LogP contribution in [0.3, 0.4) is 0 Å². The van der Waals surface area contributed by atoms with Crippen LogP contribution in [-0.2, 0) is 16.0 Å². The second kappa shape index (κ2) is 10.4. The first kappa shape index (κ1) is 23.5. The Morgan fingerprint density at radius 1 is 1.22 bits per heavy atom. The van der Waals surface area contributed by atoms with E-state index < -0.39 is 18.2 Å². The number of carbonyl (C=O) groups is 2. The van der Waals surface area contributed by atoms with E-state index >= 15 is 0 Å². The Morgan fingerprint density at radius 2 is 1.91 bits per heavy atom. The first-order chi connectivity index (χ1) is 15.3. The minimum Gasteiger partial charge on any atom is -0.481 e. The normalized spacial score (nSPS) is 16.5. The minimum atomic E-state index is -0.913. The van der Waals surface area contributed by atoms with Gasteiger partial charge < -0.3 is 20.5 Å². The predicted molar refractivity (Wildman–Crippen MR) is 124 cm³/mol. The zero-order valence-electron chi connectivity index (χ0n) is 18.6. The number of carboxylic acid groups (broad SMARTS) is 1. The Balaban J connectivity index is 1.91. The van der Waals surface area contributed by atoms with E-state index in [1.807, 2.05) is 30.3 Å². The third-order valence-corrected chi connectivity index (χ3v) is 6.02. The first-order valence-electron chi connectivity index (χ1n) is 11.0. The van der Waals surface area contributed by atoms with Crippen molar-refractivity contribution in [3.05, 3.63) is 59.2 Å². The molecule has 1 heterocycles. The molecule has 2 atom stereocenters. The molecule has 0 spiro atoms. The fourth-order valence-electron chi connectivity index (χ4n) is 4.32. The number of hydrogen-bond donors (Lipinski definition) is 3. The van der Waals surface area contributed by atoms with Crippen LogP contribution in [0.15, 0.2) is 42.5 Å². The highest BCUT2D eigenvalue weighted by Crippen LogP contribution is 2.32. The molecule has 0 aromatic heterocycles. The predicted octanol–water partition coefficient (Wildman–Crippen LogP) is 4.03. The summed E-state index contributed by atoms with van der Waals surface area (Å²) in [4.78, 5) is 26.6. The number of amidine groups is 1. The smallest absolute Gasteiger partial charge is 0.305 e. The quantitative estimate of drug-likeness (QED) is 0.295. The van der Waals surface area contributed by atoms with Crippen molar-refractivity contribution in [3.63, 3.8) is 0 Å². The highest BCUT2D eigenvalue weighted by molar-refractivity contribution is 5.98. The molecule has 7 nitrogen and oxygen atoms in total. The molecule has 2 unspecified atom stereocenters. The number of ether oxygens (including phenoxy) is 1. The highest BCUT2D eigenvalue weighted by atomic mass is 16.5. The van der Waals surface area contributed by atoms with Crippen molar-refractivity contribution in [3.8, 4) is 11.1 Å². The molecule has 0 radical (unpaired) electrons. The lowest BCUT2D eigenvalue weighted by Crippen LogP contribution is -2.52. The zero-order chi connectivity index (χ0) is 23.3. The number of amides is 1. The molecule has 32 heavy (non-hydrogen) atoms. The third-order valence-electron chi connectivity index (χ3n) is 6.02. The molecule has 7 heteroatoms. The standard InChI is InChI=1S/C25H31N3O4/c1-3-4-5-6-20(15-23(29)30)28-22(32-2)14-19-13-18(11-12-21(19)25(28)31)16-7-9-17(10-8-16)24(26)27/h7-13,20,22H,3-6,14-15H2,1-2H3,(H3,26,27)(H,29,30). The molecule has 4 N–H and O–H groups in total. The van der Waals surface area contributed by atoms with Crippen molar-refractivity contribution in [1.82, 2.24) is 4.90 Å². The van der Waals surface area contributed by atoms with E-state index in [9.17, 15) is 14.7 Å². The fourth-order valence-corrected chi connectivity index (χ4v) is 4.32. The summed E-state index contributed by atoms with van der Waals surface area (Å²) in [5.41, 5.74) is 9.59. The maximum absolute atomic E-state index is 13.4. The largest absolute Gasteiger partial charge is 0.481 e. The summed E-state index contributed by atoms with van der Waals surface area (Å²) in [6, 6.07) is 12.7. The molecule has 3 rings (SSSR count). The number of aliphatic carboxylic acids is 1. The van der Waals surface area contributed by atoms with Gasteiger partial charge in [-0.3, -0.25) is 15.0 Å². The van der Waals surface area contributed by atoms with Gasteiger partial charge in [-0.25, -0.2) is 0 Å². The number of rotatable bonds is 10. The molecule has 2 aromatic rings. The molecule has 0 saturated carbocycles. The topological polar surface area (TPSA) is 117 Å². The second-order valence-corrected chi connectivity index (χ2v) is 8.22. The average molecular weight is 438 g/mol. The number of carboxylic acids is 1. The summed E-state index contributed by atoms with van der Waals surface area (Å²) in [5.74, 6) is -1.07. The number of nitrogens with zero attached hydrogens (tertiary/aromatic N) is 1. The van der Waals surface area contributed by atoms with E-state index in [1.165, 1.54) is 0 Å². The van der Waals surface area contributed by atoms with Crippen LogP contribution in [0.4, 0.5) is 0 Å².